The third kappa shape index (κ3) is 2.02. The molecule has 1 saturated heterocycles. The normalized spacial score (nSPS) is 26.4. The summed E-state index contributed by atoms with van der Waals surface area (Å²) >= 11 is 0. The lowest BCUT2D eigenvalue weighted by Gasteiger charge is -2.21. The Bertz CT molecular complexity index is 219. The van der Waals surface area contributed by atoms with Crippen LogP contribution in [-0.2, 0) is 14.3 Å². The molecule has 2 atom stereocenters. The van der Waals surface area contributed by atoms with E-state index in [9.17, 15) is 14.7 Å². The summed E-state index contributed by atoms with van der Waals surface area (Å²) in [6.45, 7) is -0.0178. The molecule has 6 nitrogen and oxygen atoms in total. The first-order valence-corrected chi connectivity index (χ1v) is 4.35. The number of amides is 1. The molecule has 0 saturated carbocycles. The molecule has 1 aliphatic heterocycles. The molecular weight excluding hydrogens is 188 g/mol. The molecule has 1 rings (SSSR count). The van der Waals surface area contributed by atoms with Gasteiger partial charge in [-0.3, -0.25) is 4.79 Å². The number of aliphatic hydroxyl groups is 1. The van der Waals surface area contributed by atoms with E-state index in [2.05, 4.69) is 4.74 Å². The Balaban J connectivity index is 2.72. The minimum atomic E-state index is -0.689. The van der Waals surface area contributed by atoms with Gasteiger partial charge in [-0.1, -0.05) is 0 Å². The number of likely N-dealkylation sites (tertiary alicyclic amines) is 1. The summed E-state index contributed by atoms with van der Waals surface area (Å²) in [7, 11) is 1.25. The summed E-state index contributed by atoms with van der Waals surface area (Å²) in [6.07, 6.45) is -0.451. The second kappa shape index (κ2) is 4.39. The van der Waals surface area contributed by atoms with E-state index >= 15 is 0 Å². The van der Waals surface area contributed by atoms with Gasteiger partial charge in [-0.15, -0.1) is 0 Å². The van der Waals surface area contributed by atoms with Crippen LogP contribution in [0.4, 0.5) is 0 Å². The monoisotopic (exact) mass is 202 g/mol. The van der Waals surface area contributed by atoms with Gasteiger partial charge in [-0.2, -0.15) is 0 Å². The van der Waals surface area contributed by atoms with Crippen molar-refractivity contribution < 1.29 is 19.4 Å². The molecule has 0 bridgehead atoms. The molecule has 1 heterocycles. The highest BCUT2D eigenvalue weighted by molar-refractivity contribution is 5.86. The summed E-state index contributed by atoms with van der Waals surface area (Å²) in [5.41, 5.74) is 5.18. The van der Waals surface area contributed by atoms with Crippen molar-refractivity contribution in [1.82, 2.24) is 4.90 Å². The lowest BCUT2D eigenvalue weighted by molar-refractivity contribution is -0.150. The number of ether oxygens (including phenoxy) is 1. The lowest BCUT2D eigenvalue weighted by Crippen LogP contribution is -2.44. The SMILES string of the molecule is COC(=O)[C@@H]1C[C@@H](O)CN1C(=O)CN. The largest absolute Gasteiger partial charge is 0.467 e. The number of methoxy groups -OCH3 is 1. The fourth-order valence-electron chi connectivity index (χ4n) is 1.57. The topological polar surface area (TPSA) is 92.9 Å². The molecule has 0 unspecified atom stereocenters. The van der Waals surface area contributed by atoms with Crippen LogP contribution in [0.25, 0.3) is 0 Å². The minimum Gasteiger partial charge on any atom is -0.467 e. The van der Waals surface area contributed by atoms with Crippen LogP contribution < -0.4 is 5.73 Å². The van der Waals surface area contributed by atoms with Gasteiger partial charge in [-0.05, 0) is 0 Å². The number of nitrogens with two attached hydrogens (primary N) is 1. The fourth-order valence-corrected chi connectivity index (χ4v) is 1.57. The van der Waals surface area contributed by atoms with E-state index in [0.29, 0.717) is 0 Å². The van der Waals surface area contributed by atoms with Crippen LogP contribution in [0.3, 0.4) is 0 Å². The summed E-state index contributed by atoms with van der Waals surface area (Å²) in [5.74, 6) is -0.861. The number of rotatable bonds is 2. The van der Waals surface area contributed by atoms with E-state index in [4.69, 9.17) is 5.73 Å². The first kappa shape index (κ1) is 10.9. The highest BCUT2D eigenvalue weighted by atomic mass is 16.5. The molecule has 0 aromatic rings. The Hall–Kier alpha value is -1.14. The van der Waals surface area contributed by atoms with E-state index in [1.807, 2.05) is 0 Å². The third-order valence-corrected chi connectivity index (χ3v) is 2.25. The van der Waals surface area contributed by atoms with Crippen LogP contribution in [0.1, 0.15) is 6.42 Å². The van der Waals surface area contributed by atoms with Gasteiger partial charge in [0.1, 0.15) is 6.04 Å². The summed E-state index contributed by atoms with van der Waals surface area (Å²) in [4.78, 5) is 23.8. The second-order valence-electron chi connectivity index (χ2n) is 3.18. The number of carbonyl (C=O) groups is 2. The van der Waals surface area contributed by atoms with E-state index in [0.717, 1.165) is 0 Å². The van der Waals surface area contributed by atoms with Crippen molar-refractivity contribution in [3.05, 3.63) is 0 Å². The molecule has 1 fully saturated rings. The van der Waals surface area contributed by atoms with Gasteiger partial charge in [0.15, 0.2) is 0 Å². The highest BCUT2D eigenvalue weighted by Gasteiger charge is 2.38. The number of esters is 1. The van der Waals surface area contributed by atoms with Crippen LogP contribution >= 0.6 is 0 Å². The zero-order valence-corrected chi connectivity index (χ0v) is 7.97. The standard InChI is InChI=1S/C8H14N2O4/c1-14-8(13)6-2-5(11)4-10(6)7(12)3-9/h5-6,11H,2-4,9H2,1H3/t5-,6+/m1/s1. The Morgan fingerprint density at radius 2 is 2.29 bits per heavy atom. The van der Waals surface area contributed by atoms with E-state index in [1.165, 1.54) is 12.0 Å². The van der Waals surface area contributed by atoms with Crippen LogP contribution in [0.2, 0.25) is 0 Å². The first-order valence-electron chi connectivity index (χ1n) is 4.35. The molecule has 0 aliphatic carbocycles. The lowest BCUT2D eigenvalue weighted by atomic mass is 10.2. The van der Waals surface area contributed by atoms with E-state index < -0.39 is 18.1 Å². The van der Waals surface area contributed by atoms with Crippen LogP contribution in [-0.4, -0.2) is 54.2 Å². The summed E-state index contributed by atoms with van der Waals surface area (Å²) in [5, 5.41) is 9.32. The Labute approximate surface area is 81.6 Å². The van der Waals surface area contributed by atoms with Gasteiger partial charge in [0.25, 0.3) is 0 Å². The van der Waals surface area contributed by atoms with Crippen LogP contribution in [0, 0.1) is 0 Å². The molecule has 14 heavy (non-hydrogen) atoms. The molecule has 0 aromatic heterocycles. The molecule has 0 spiro atoms. The van der Waals surface area contributed by atoms with Crippen LogP contribution in [0.15, 0.2) is 0 Å². The smallest absolute Gasteiger partial charge is 0.328 e. The molecule has 3 N–H and O–H groups in total. The van der Waals surface area contributed by atoms with Gasteiger partial charge in [0, 0.05) is 13.0 Å². The number of carbonyl (C=O) groups excluding carboxylic acids is 2. The van der Waals surface area contributed by atoms with Crippen LogP contribution in [0.5, 0.6) is 0 Å². The zero-order valence-electron chi connectivity index (χ0n) is 7.97. The van der Waals surface area contributed by atoms with Gasteiger partial charge >= 0.3 is 5.97 Å². The van der Waals surface area contributed by atoms with Crippen molar-refractivity contribution >= 4 is 11.9 Å². The molecule has 1 amide bonds. The predicted octanol–water partition coefficient (Wildman–Crippen LogP) is -1.92. The number of hydrogen-bond donors (Lipinski definition) is 2. The molecule has 80 valence electrons. The second-order valence-corrected chi connectivity index (χ2v) is 3.18. The number of hydrogen-bond acceptors (Lipinski definition) is 5. The fraction of sp³-hybridized carbons (Fsp3) is 0.750. The van der Waals surface area contributed by atoms with Gasteiger partial charge in [0.2, 0.25) is 5.91 Å². The summed E-state index contributed by atoms with van der Waals surface area (Å²) in [6, 6.07) is -0.689. The summed E-state index contributed by atoms with van der Waals surface area (Å²) < 4.78 is 4.52. The predicted molar refractivity (Wildman–Crippen MR) is 47.2 cm³/mol. The minimum absolute atomic E-state index is 0.149. The van der Waals surface area contributed by atoms with Crippen molar-refractivity contribution in [1.29, 1.82) is 0 Å². The maximum atomic E-state index is 11.3. The number of aliphatic hydroxyl groups excluding tert-OH is 1. The molecular formula is C8H14N2O4. The Morgan fingerprint density at radius 1 is 1.64 bits per heavy atom. The molecule has 1 aliphatic rings. The Kier molecular flexibility index (Phi) is 3.43. The van der Waals surface area contributed by atoms with Crippen molar-refractivity contribution in [2.75, 3.05) is 20.2 Å². The van der Waals surface area contributed by atoms with Gasteiger partial charge in [0.05, 0.1) is 19.8 Å². The molecule has 0 aromatic carbocycles. The first-order chi connectivity index (χ1) is 6.60. The molecule has 6 heteroatoms. The molecule has 0 radical (unpaired) electrons. The quantitative estimate of drug-likeness (QED) is 0.509. The van der Waals surface area contributed by atoms with Crippen molar-refractivity contribution in [2.45, 2.75) is 18.6 Å². The van der Waals surface area contributed by atoms with Crippen molar-refractivity contribution in [3.8, 4) is 0 Å². The third-order valence-electron chi connectivity index (χ3n) is 2.25. The average Bonchev–Trinajstić information content (AvgIpc) is 2.58. The van der Waals surface area contributed by atoms with Gasteiger partial charge in [-0.25, -0.2) is 4.79 Å². The number of nitrogens with zero attached hydrogens (tertiary/aromatic N) is 1. The van der Waals surface area contributed by atoms with E-state index in [1.54, 1.807) is 0 Å². The maximum Gasteiger partial charge on any atom is 0.328 e. The van der Waals surface area contributed by atoms with Gasteiger partial charge < -0.3 is 20.5 Å². The Morgan fingerprint density at radius 3 is 2.79 bits per heavy atom. The number of β-amino-alcohol motifs (C(OH)–C–C–N with tert-alkyl or cyclic N) is 1. The zero-order chi connectivity index (χ0) is 10.7. The highest BCUT2D eigenvalue weighted by Crippen LogP contribution is 2.18. The van der Waals surface area contributed by atoms with Crippen molar-refractivity contribution in [2.24, 2.45) is 5.73 Å². The van der Waals surface area contributed by atoms with E-state index in [-0.39, 0.29) is 25.4 Å². The van der Waals surface area contributed by atoms with Crippen molar-refractivity contribution in [3.63, 3.8) is 0 Å². The average molecular weight is 202 g/mol. The maximum absolute atomic E-state index is 11.3.